The van der Waals surface area contributed by atoms with Crippen molar-refractivity contribution < 1.29 is 0 Å². The first-order valence-corrected chi connectivity index (χ1v) is 18.7. The summed E-state index contributed by atoms with van der Waals surface area (Å²) in [6, 6.07) is 48.2. The number of benzene rings is 6. The molecule has 3 aromatic heterocycles. The number of rotatable bonds is 3. The maximum absolute atomic E-state index is 5.40. The van der Waals surface area contributed by atoms with E-state index in [4.69, 9.17) is 9.97 Å². The SMILES string of the molecule is CC12Sc3ccccc3C1C=CC=C2c1ccc2c(c1)c1ccc3c4ccccc4sc3c1n2-c1nc(-c2ccccc2)c2ccccc2n1. The molecule has 0 spiro atoms. The zero-order chi connectivity index (χ0) is 33.0. The van der Waals surface area contributed by atoms with E-state index >= 15 is 0 Å². The van der Waals surface area contributed by atoms with Crippen molar-refractivity contribution in [3.05, 3.63) is 163 Å². The van der Waals surface area contributed by atoms with Gasteiger partial charge in [-0.25, -0.2) is 9.97 Å². The van der Waals surface area contributed by atoms with Gasteiger partial charge in [-0.1, -0.05) is 121 Å². The van der Waals surface area contributed by atoms with E-state index < -0.39 is 0 Å². The van der Waals surface area contributed by atoms with Crippen LogP contribution < -0.4 is 0 Å². The van der Waals surface area contributed by atoms with E-state index in [1.165, 1.54) is 52.5 Å². The van der Waals surface area contributed by atoms with Crippen LogP contribution in [0.2, 0.25) is 0 Å². The average Bonchev–Trinajstić information content (AvgIpc) is 3.81. The molecule has 6 aromatic carbocycles. The largest absolute Gasteiger partial charge is 0.276 e. The third-order valence-electron chi connectivity index (χ3n) is 10.7. The molecule has 4 heterocycles. The van der Waals surface area contributed by atoms with E-state index in [1.54, 1.807) is 0 Å². The van der Waals surface area contributed by atoms with E-state index in [-0.39, 0.29) is 4.75 Å². The Kier molecular flexibility index (Phi) is 5.96. The normalized spacial score (nSPS) is 18.3. The topological polar surface area (TPSA) is 30.7 Å². The summed E-state index contributed by atoms with van der Waals surface area (Å²) in [5.74, 6) is 1.02. The van der Waals surface area contributed by atoms with Gasteiger partial charge in [0.05, 0.1) is 31.7 Å². The molecule has 0 N–H and O–H groups in total. The number of thiophene rings is 1. The molecule has 3 nitrogen and oxygen atoms in total. The van der Waals surface area contributed by atoms with Crippen LogP contribution in [0.25, 0.3) is 75.7 Å². The highest BCUT2D eigenvalue weighted by Crippen LogP contribution is 2.60. The number of allylic oxidation sites excluding steroid dienone is 3. The number of para-hydroxylation sites is 1. The quantitative estimate of drug-likeness (QED) is 0.187. The van der Waals surface area contributed by atoms with Crippen LogP contribution in [0.15, 0.2) is 157 Å². The summed E-state index contributed by atoms with van der Waals surface area (Å²) in [7, 11) is 0. The van der Waals surface area contributed by atoms with E-state index in [0.717, 1.165) is 33.2 Å². The molecule has 0 amide bonds. The average molecular weight is 676 g/mol. The second-order valence-corrected chi connectivity index (χ2v) is 16.0. The lowest BCUT2D eigenvalue weighted by Gasteiger charge is -2.34. The van der Waals surface area contributed by atoms with Crippen molar-refractivity contribution in [2.45, 2.75) is 22.5 Å². The maximum atomic E-state index is 5.40. The minimum absolute atomic E-state index is 0.0880. The summed E-state index contributed by atoms with van der Waals surface area (Å²) in [4.78, 5) is 12.1. The molecule has 236 valence electrons. The highest BCUT2D eigenvalue weighted by Gasteiger charge is 2.46. The molecule has 2 unspecified atom stereocenters. The lowest BCUT2D eigenvalue weighted by molar-refractivity contribution is 0.719. The smallest absolute Gasteiger partial charge is 0.235 e. The molecule has 0 radical (unpaired) electrons. The molecule has 5 heteroatoms. The number of nitrogens with zero attached hydrogens (tertiary/aromatic N) is 3. The Morgan fingerprint density at radius 2 is 1.44 bits per heavy atom. The molecule has 9 aromatic rings. The van der Waals surface area contributed by atoms with Gasteiger partial charge in [0.15, 0.2) is 0 Å². The standard InChI is InChI=1S/C45H29N3S2/c1-45-35(17-11-18-36(45)32-15-7-10-21-40(32)50-45)28-22-25-38-34(26-28)30-23-24-31-29-14-6-9-20-39(29)49-43(31)42(30)48(38)44-46-37-19-8-5-16-33(37)41(47-44)27-12-3-2-4-13-27/h2-26,36H,1H3. The molecule has 0 saturated carbocycles. The molecule has 2 atom stereocenters. The second-order valence-electron chi connectivity index (χ2n) is 13.4. The van der Waals surface area contributed by atoms with Crippen LogP contribution in [0.5, 0.6) is 0 Å². The minimum Gasteiger partial charge on any atom is -0.276 e. The molecular formula is C45H29N3S2. The molecule has 1 aliphatic heterocycles. The zero-order valence-corrected chi connectivity index (χ0v) is 28.8. The van der Waals surface area contributed by atoms with Gasteiger partial charge in [-0.3, -0.25) is 4.57 Å². The summed E-state index contributed by atoms with van der Waals surface area (Å²) in [6.07, 6.45) is 6.97. The summed E-state index contributed by atoms with van der Waals surface area (Å²) in [5.41, 5.74) is 9.28. The minimum atomic E-state index is -0.0880. The van der Waals surface area contributed by atoms with Crippen LogP contribution in [-0.2, 0) is 0 Å². The molecule has 0 bridgehead atoms. The van der Waals surface area contributed by atoms with Crippen LogP contribution in [0, 0.1) is 0 Å². The fraction of sp³-hybridized carbons (Fsp3) is 0.0667. The number of hydrogen-bond donors (Lipinski definition) is 0. The van der Waals surface area contributed by atoms with Gasteiger partial charge in [-0.05, 0) is 54.0 Å². The highest BCUT2D eigenvalue weighted by atomic mass is 32.2. The van der Waals surface area contributed by atoms with Crippen molar-refractivity contribution in [2.24, 2.45) is 0 Å². The molecule has 11 rings (SSSR count). The van der Waals surface area contributed by atoms with Gasteiger partial charge < -0.3 is 0 Å². The number of thioether (sulfide) groups is 1. The lowest BCUT2D eigenvalue weighted by Crippen LogP contribution is -2.27. The van der Waals surface area contributed by atoms with Crippen molar-refractivity contribution in [1.82, 2.24) is 14.5 Å². The van der Waals surface area contributed by atoms with Gasteiger partial charge in [0.2, 0.25) is 5.95 Å². The highest BCUT2D eigenvalue weighted by molar-refractivity contribution is 8.01. The van der Waals surface area contributed by atoms with Crippen LogP contribution in [-0.4, -0.2) is 19.3 Å². The van der Waals surface area contributed by atoms with Gasteiger partial charge in [0.1, 0.15) is 0 Å². The van der Waals surface area contributed by atoms with Crippen molar-refractivity contribution >= 4 is 81.6 Å². The first-order chi connectivity index (χ1) is 24.7. The Morgan fingerprint density at radius 1 is 0.660 bits per heavy atom. The first-order valence-electron chi connectivity index (χ1n) is 17.0. The summed E-state index contributed by atoms with van der Waals surface area (Å²) in [6.45, 7) is 2.42. The third-order valence-corrected chi connectivity index (χ3v) is 13.4. The van der Waals surface area contributed by atoms with Crippen molar-refractivity contribution in [3.8, 4) is 17.2 Å². The molecule has 0 saturated heterocycles. The Hall–Kier alpha value is -5.49. The van der Waals surface area contributed by atoms with E-state index in [2.05, 4.69) is 163 Å². The Labute approximate surface area is 297 Å². The first kappa shape index (κ1) is 28.4. The molecule has 50 heavy (non-hydrogen) atoms. The van der Waals surface area contributed by atoms with Gasteiger partial charge >= 0.3 is 0 Å². The van der Waals surface area contributed by atoms with Crippen LogP contribution in [0.3, 0.4) is 0 Å². The number of hydrogen-bond acceptors (Lipinski definition) is 4. The predicted molar refractivity (Wildman–Crippen MR) is 213 cm³/mol. The predicted octanol–water partition coefficient (Wildman–Crippen LogP) is 12.4. The summed E-state index contributed by atoms with van der Waals surface area (Å²) < 4.78 is 4.78. The van der Waals surface area contributed by atoms with Crippen LogP contribution >= 0.6 is 23.1 Å². The molecule has 2 aliphatic rings. The summed E-state index contributed by atoms with van der Waals surface area (Å²) >= 11 is 3.85. The zero-order valence-electron chi connectivity index (χ0n) is 27.2. The molecule has 0 fully saturated rings. The molecular weight excluding hydrogens is 647 g/mol. The van der Waals surface area contributed by atoms with Crippen molar-refractivity contribution in [3.63, 3.8) is 0 Å². The Morgan fingerprint density at radius 3 is 2.36 bits per heavy atom. The number of fused-ring (bicyclic) bond motifs is 11. The molecule has 1 aliphatic carbocycles. The maximum Gasteiger partial charge on any atom is 0.235 e. The monoisotopic (exact) mass is 675 g/mol. The fourth-order valence-corrected chi connectivity index (χ4v) is 11.2. The van der Waals surface area contributed by atoms with E-state index in [1.807, 2.05) is 23.1 Å². The fourth-order valence-electron chi connectivity index (χ4n) is 8.38. The van der Waals surface area contributed by atoms with Crippen LogP contribution in [0.4, 0.5) is 0 Å². The summed E-state index contributed by atoms with van der Waals surface area (Å²) in [5, 5.41) is 6.03. The Balaban J connectivity index is 1.21. The Bertz CT molecular complexity index is 2930. The second kappa shape index (κ2) is 10.5. The van der Waals surface area contributed by atoms with Gasteiger partial charge in [-0.15, -0.1) is 23.1 Å². The van der Waals surface area contributed by atoms with E-state index in [9.17, 15) is 0 Å². The van der Waals surface area contributed by atoms with Gasteiger partial charge in [0.25, 0.3) is 0 Å². The van der Waals surface area contributed by atoms with Gasteiger partial charge in [0, 0.05) is 48.0 Å². The third kappa shape index (κ3) is 3.93. The van der Waals surface area contributed by atoms with Crippen molar-refractivity contribution in [1.29, 1.82) is 0 Å². The lowest BCUT2D eigenvalue weighted by atomic mass is 9.76. The van der Waals surface area contributed by atoms with Crippen LogP contribution in [0.1, 0.15) is 24.0 Å². The van der Waals surface area contributed by atoms with Crippen molar-refractivity contribution in [2.75, 3.05) is 0 Å². The van der Waals surface area contributed by atoms with E-state index in [0.29, 0.717) is 11.9 Å². The van der Waals surface area contributed by atoms with Gasteiger partial charge in [-0.2, -0.15) is 0 Å². The number of aromatic nitrogens is 3.